The van der Waals surface area contributed by atoms with Gasteiger partial charge in [-0.25, -0.2) is 4.98 Å². The lowest BCUT2D eigenvalue weighted by Gasteiger charge is -2.18. The maximum atomic E-state index is 12.3. The number of carbonyl (C=O) groups excluding carboxylic acids is 2. The lowest BCUT2D eigenvalue weighted by molar-refractivity contribution is -0.125. The number of nitrogens with zero attached hydrogens (tertiary/aromatic N) is 3. The lowest BCUT2D eigenvalue weighted by atomic mass is 9.95. The van der Waals surface area contributed by atoms with E-state index in [9.17, 15) is 9.59 Å². The summed E-state index contributed by atoms with van der Waals surface area (Å²) in [4.78, 5) is 34.7. The molecule has 8 nitrogen and oxygen atoms in total. The zero-order valence-corrected chi connectivity index (χ0v) is 17.3. The molecule has 1 saturated heterocycles. The summed E-state index contributed by atoms with van der Waals surface area (Å²) in [6.45, 7) is 1.69. The van der Waals surface area contributed by atoms with Gasteiger partial charge in [-0.2, -0.15) is 4.98 Å². The Bertz CT molecular complexity index is 1020. The molecule has 1 aromatic heterocycles. The molecule has 0 unspecified atom stereocenters. The van der Waals surface area contributed by atoms with E-state index in [0.717, 1.165) is 42.7 Å². The highest BCUT2D eigenvalue weighted by molar-refractivity contribution is 6.32. The number of rotatable bonds is 6. The van der Waals surface area contributed by atoms with Gasteiger partial charge in [-0.05, 0) is 42.2 Å². The van der Waals surface area contributed by atoms with E-state index in [1.807, 2.05) is 18.2 Å². The van der Waals surface area contributed by atoms with E-state index in [1.54, 1.807) is 12.3 Å². The normalized spacial score (nSPS) is 15.5. The highest BCUT2D eigenvalue weighted by Gasteiger charge is 2.21. The number of fused-ring (bicyclic) bond motifs is 1. The first kappa shape index (κ1) is 20.2. The summed E-state index contributed by atoms with van der Waals surface area (Å²) in [5, 5.41) is 6.13. The minimum atomic E-state index is -0.294. The van der Waals surface area contributed by atoms with Crippen LogP contribution >= 0.6 is 11.6 Å². The second-order valence-corrected chi connectivity index (χ2v) is 7.58. The molecule has 2 N–H and O–H groups in total. The molecule has 2 aromatic rings. The minimum absolute atomic E-state index is 0.152. The molecule has 1 aliphatic carbocycles. The molecule has 4 rings (SSSR count). The van der Waals surface area contributed by atoms with Crippen molar-refractivity contribution in [3.8, 4) is 0 Å². The van der Waals surface area contributed by atoms with Crippen LogP contribution in [0.25, 0.3) is 6.08 Å². The molecule has 1 aromatic carbocycles. The van der Waals surface area contributed by atoms with E-state index >= 15 is 0 Å². The van der Waals surface area contributed by atoms with Crippen LogP contribution in [0, 0.1) is 0 Å². The molecule has 1 aliphatic heterocycles. The predicted octanol–water partition coefficient (Wildman–Crippen LogP) is 2.70. The number of benzene rings is 1. The standard InChI is InChI=1S/C21H22ClN5O3/c1-23-19(29)12-30-18-10-14-8-15(5-4-13(14)9-17(18)28)25-20-16(22)11-24-21(26-20)27-6-2-3-7-27/h4-5,8,10-11H,2-3,6-7,9,12H2,1H3,(H,23,29)(H,24,25,26). The Balaban J connectivity index is 1.55. The van der Waals surface area contributed by atoms with Crippen LogP contribution < -0.4 is 15.5 Å². The van der Waals surface area contributed by atoms with Gasteiger partial charge in [0, 0.05) is 32.2 Å². The molecule has 1 fully saturated rings. The summed E-state index contributed by atoms with van der Waals surface area (Å²) in [5.74, 6) is 0.922. The first-order valence-corrected chi connectivity index (χ1v) is 10.2. The number of halogens is 1. The van der Waals surface area contributed by atoms with Crippen LogP contribution in [-0.4, -0.2) is 48.4 Å². The van der Waals surface area contributed by atoms with Crippen molar-refractivity contribution >= 4 is 46.8 Å². The van der Waals surface area contributed by atoms with Gasteiger partial charge in [0.1, 0.15) is 5.02 Å². The van der Waals surface area contributed by atoms with Crippen molar-refractivity contribution in [3.05, 3.63) is 46.3 Å². The third kappa shape index (κ3) is 4.38. The van der Waals surface area contributed by atoms with Crippen molar-refractivity contribution in [2.45, 2.75) is 19.3 Å². The second kappa shape index (κ2) is 8.71. The Labute approximate surface area is 179 Å². The van der Waals surface area contributed by atoms with Crippen molar-refractivity contribution < 1.29 is 14.3 Å². The zero-order valence-electron chi connectivity index (χ0n) is 16.6. The molecule has 0 radical (unpaired) electrons. The number of hydrogen-bond acceptors (Lipinski definition) is 7. The van der Waals surface area contributed by atoms with E-state index in [4.69, 9.17) is 16.3 Å². The number of amides is 1. The number of ether oxygens (including phenoxy) is 1. The van der Waals surface area contributed by atoms with Crippen molar-refractivity contribution in [2.24, 2.45) is 0 Å². The Morgan fingerprint density at radius 3 is 2.87 bits per heavy atom. The number of aromatic nitrogens is 2. The van der Waals surface area contributed by atoms with Crippen LogP contribution in [0.5, 0.6) is 0 Å². The van der Waals surface area contributed by atoms with Gasteiger partial charge >= 0.3 is 0 Å². The number of carbonyl (C=O) groups is 2. The van der Waals surface area contributed by atoms with E-state index in [2.05, 4.69) is 25.5 Å². The minimum Gasteiger partial charge on any atom is -0.480 e. The van der Waals surface area contributed by atoms with Crippen molar-refractivity contribution in [1.29, 1.82) is 0 Å². The van der Waals surface area contributed by atoms with Crippen LogP contribution in [0.2, 0.25) is 5.02 Å². The van der Waals surface area contributed by atoms with Crippen molar-refractivity contribution in [3.63, 3.8) is 0 Å². The topological polar surface area (TPSA) is 96.4 Å². The summed E-state index contributed by atoms with van der Waals surface area (Å²) in [6, 6.07) is 5.67. The molecule has 0 atom stereocenters. The number of ketones is 1. The first-order chi connectivity index (χ1) is 14.5. The largest absolute Gasteiger partial charge is 0.480 e. The number of allylic oxidation sites excluding steroid dienone is 1. The van der Waals surface area contributed by atoms with Crippen molar-refractivity contribution in [2.75, 3.05) is 37.0 Å². The Kier molecular flexibility index (Phi) is 5.85. The predicted molar refractivity (Wildman–Crippen MR) is 115 cm³/mol. The molecule has 2 heterocycles. The quantitative estimate of drug-likeness (QED) is 0.731. The molecule has 0 bridgehead atoms. The molecule has 1 amide bonds. The van der Waals surface area contributed by atoms with Gasteiger partial charge in [0.2, 0.25) is 11.7 Å². The van der Waals surface area contributed by atoms with Gasteiger partial charge in [-0.1, -0.05) is 17.7 Å². The van der Waals surface area contributed by atoms with Gasteiger partial charge in [-0.3, -0.25) is 9.59 Å². The Morgan fingerprint density at radius 1 is 1.30 bits per heavy atom. The number of likely N-dealkylation sites (N-methyl/N-ethyl adjacent to an activating group) is 1. The van der Waals surface area contributed by atoms with Gasteiger partial charge in [-0.15, -0.1) is 0 Å². The Hall–Kier alpha value is -3.13. The molecule has 0 spiro atoms. The molecule has 156 valence electrons. The number of hydrogen-bond donors (Lipinski definition) is 2. The van der Waals surface area contributed by atoms with E-state index < -0.39 is 0 Å². The van der Waals surface area contributed by atoms with Gasteiger partial charge in [0.05, 0.1) is 6.20 Å². The summed E-state index contributed by atoms with van der Waals surface area (Å²) in [7, 11) is 1.52. The first-order valence-electron chi connectivity index (χ1n) is 9.79. The third-order valence-electron chi connectivity index (χ3n) is 5.08. The molecular formula is C21H22ClN5O3. The van der Waals surface area contributed by atoms with E-state index in [0.29, 0.717) is 16.8 Å². The van der Waals surface area contributed by atoms with Crippen LogP contribution in [0.4, 0.5) is 17.5 Å². The van der Waals surface area contributed by atoms with Gasteiger partial charge < -0.3 is 20.3 Å². The van der Waals surface area contributed by atoms with E-state index in [1.165, 1.54) is 7.05 Å². The molecule has 9 heteroatoms. The van der Waals surface area contributed by atoms with Crippen LogP contribution in [0.15, 0.2) is 30.2 Å². The zero-order chi connectivity index (χ0) is 21.1. The average molecular weight is 428 g/mol. The van der Waals surface area contributed by atoms with Crippen molar-refractivity contribution in [1.82, 2.24) is 15.3 Å². The Morgan fingerprint density at radius 2 is 2.10 bits per heavy atom. The molecule has 0 saturated carbocycles. The maximum absolute atomic E-state index is 12.3. The molecular weight excluding hydrogens is 406 g/mol. The fourth-order valence-corrected chi connectivity index (χ4v) is 3.58. The second-order valence-electron chi connectivity index (χ2n) is 7.17. The summed E-state index contributed by atoms with van der Waals surface area (Å²) < 4.78 is 5.39. The highest BCUT2D eigenvalue weighted by atomic mass is 35.5. The summed E-state index contributed by atoms with van der Waals surface area (Å²) in [5.41, 5.74) is 2.51. The third-order valence-corrected chi connectivity index (χ3v) is 5.36. The van der Waals surface area contributed by atoms with Gasteiger partial charge in [0.25, 0.3) is 5.91 Å². The maximum Gasteiger partial charge on any atom is 0.257 e. The van der Waals surface area contributed by atoms with Crippen LogP contribution in [-0.2, 0) is 20.7 Å². The summed E-state index contributed by atoms with van der Waals surface area (Å²) in [6.07, 6.45) is 5.76. The van der Waals surface area contributed by atoms with E-state index in [-0.39, 0.29) is 30.5 Å². The fourth-order valence-electron chi connectivity index (χ4n) is 3.44. The SMILES string of the molecule is CNC(=O)COC1=Cc2cc(Nc3nc(N4CCCC4)ncc3Cl)ccc2CC1=O. The fraction of sp³-hybridized carbons (Fsp3) is 0.333. The smallest absolute Gasteiger partial charge is 0.257 e. The lowest BCUT2D eigenvalue weighted by Crippen LogP contribution is -2.25. The van der Waals surface area contributed by atoms with Crippen LogP contribution in [0.3, 0.4) is 0 Å². The number of nitrogens with one attached hydrogen (secondary N) is 2. The highest BCUT2D eigenvalue weighted by Crippen LogP contribution is 2.29. The summed E-state index contributed by atoms with van der Waals surface area (Å²) >= 11 is 6.30. The number of Topliss-reactive ketones (excluding diaryl/α,β-unsaturated/α-hetero) is 1. The molecule has 30 heavy (non-hydrogen) atoms. The van der Waals surface area contributed by atoms with Gasteiger partial charge in [0.15, 0.2) is 18.2 Å². The monoisotopic (exact) mass is 427 g/mol. The van der Waals surface area contributed by atoms with Crippen LogP contribution in [0.1, 0.15) is 24.0 Å². The average Bonchev–Trinajstić information content (AvgIpc) is 3.28. The molecule has 2 aliphatic rings. The number of anilines is 3.